The number of anilines is 2. The lowest BCUT2D eigenvalue weighted by Crippen LogP contribution is -2.10. The summed E-state index contributed by atoms with van der Waals surface area (Å²) in [4.78, 5) is 17.2. The van der Waals surface area contributed by atoms with E-state index in [1.165, 1.54) is 0 Å². The lowest BCUT2D eigenvalue weighted by Gasteiger charge is -2.11. The Bertz CT molecular complexity index is 1250. The van der Waals surface area contributed by atoms with Crippen molar-refractivity contribution in [2.45, 2.75) is 19.8 Å². The van der Waals surface area contributed by atoms with E-state index in [0.29, 0.717) is 45.0 Å². The minimum absolute atomic E-state index is 0.220. The maximum absolute atomic E-state index is 11.9. The first-order valence-corrected chi connectivity index (χ1v) is 10.1. The highest BCUT2D eigenvalue weighted by atomic mass is 32.1. The predicted octanol–water partition coefficient (Wildman–Crippen LogP) is 4.47. The van der Waals surface area contributed by atoms with Crippen LogP contribution in [0, 0.1) is 11.3 Å². The number of benzene rings is 1. The third-order valence-electron chi connectivity index (χ3n) is 4.71. The van der Waals surface area contributed by atoms with Crippen LogP contribution in [0.2, 0.25) is 0 Å². The van der Waals surface area contributed by atoms with Crippen molar-refractivity contribution >= 4 is 49.9 Å². The standard InChI is InChI=1S/C21H19N5O2S/c1-2-3-8-25-20-12(10-22)15(14-9-11-6-4-5-7-13(11)28-14)16-17(23)18(19(24)27)29-21(16)26-20/h4-7,9H,2-3,8,23H2,1H3,(H2,24,27)(H,25,26). The summed E-state index contributed by atoms with van der Waals surface area (Å²) < 4.78 is 6.04. The summed E-state index contributed by atoms with van der Waals surface area (Å²) in [5.41, 5.74) is 13.5. The van der Waals surface area contributed by atoms with Crippen molar-refractivity contribution in [1.29, 1.82) is 5.26 Å². The van der Waals surface area contributed by atoms with Crippen LogP contribution < -0.4 is 16.8 Å². The quantitative estimate of drug-likeness (QED) is 0.405. The fourth-order valence-corrected chi connectivity index (χ4v) is 4.26. The van der Waals surface area contributed by atoms with Crippen LogP contribution in [0.15, 0.2) is 34.7 Å². The van der Waals surface area contributed by atoms with Crippen molar-refractivity contribution in [3.8, 4) is 17.4 Å². The molecule has 0 saturated carbocycles. The Labute approximate surface area is 170 Å². The summed E-state index contributed by atoms with van der Waals surface area (Å²) in [6.07, 6.45) is 1.94. The Balaban J connectivity index is 2.05. The first-order valence-electron chi connectivity index (χ1n) is 9.23. The molecule has 7 nitrogen and oxygen atoms in total. The summed E-state index contributed by atoms with van der Waals surface area (Å²) in [7, 11) is 0. The molecule has 5 N–H and O–H groups in total. The molecule has 3 aromatic heterocycles. The molecular formula is C21H19N5O2S. The molecule has 0 fully saturated rings. The number of carbonyl (C=O) groups is 1. The van der Waals surface area contributed by atoms with Crippen molar-refractivity contribution in [3.63, 3.8) is 0 Å². The number of unbranched alkanes of at least 4 members (excludes halogenated alkanes) is 1. The van der Waals surface area contributed by atoms with Gasteiger partial charge in [-0.1, -0.05) is 31.5 Å². The van der Waals surface area contributed by atoms with Gasteiger partial charge in [0.2, 0.25) is 0 Å². The number of hydrogen-bond donors (Lipinski definition) is 3. The number of nitrogens with one attached hydrogen (secondary N) is 1. The minimum Gasteiger partial charge on any atom is -0.456 e. The average molecular weight is 405 g/mol. The maximum atomic E-state index is 11.9. The molecule has 1 aromatic carbocycles. The monoisotopic (exact) mass is 405 g/mol. The van der Waals surface area contributed by atoms with E-state index < -0.39 is 5.91 Å². The van der Waals surface area contributed by atoms with Gasteiger partial charge in [0.25, 0.3) is 5.91 Å². The van der Waals surface area contributed by atoms with Gasteiger partial charge in [-0.3, -0.25) is 4.79 Å². The number of fused-ring (bicyclic) bond motifs is 2. The summed E-state index contributed by atoms with van der Waals surface area (Å²) in [6.45, 7) is 2.76. The number of furan rings is 1. The molecule has 0 aliphatic heterocycles. The number of nitriles is 1. The third-order valence-corrected chi connectivity index (χ3v) is 5.82. The number of pyridine rings is 1. The van der Waals surface area contributed by atoms with Crippen molar-refractivity contribution in [2.75, 3.05) is 17.6 Å². The van der Waals surface area contributed by atoms with Crippen molar-refractivity contribution in [1.82, 2.24) is 4.98 Å². The Morgan fingerprint density at radius 3 is 2.86 bits per heavy atom. The van der Waals surface area contributed by atoms with Crippen LogP contribution >= 0.6 is 11.3 Å². The largest absolute Gasteiger partial charge is 0.456 e. The second-order valence-corrected chi connectivity index (χ2v) is 7.64. The van der Waals surface area contributed by atoms with Crippen LogP contribution in [0.25, 0.3) is 32.5 Å². The lowest BCUT2D eigenvalue weighted by atomic mass is 10.0. The molecule has 8 heteroatoms. The van der Waals surface area contributed by atoms with Gasteiger partial charge in [0.05, 0.1) is 11.3 Å². The summed E-state index contributed by atoms with van der Waals surface area (Å²) in [5, 5.41) is 14.6. The number of rotatable bonds is 6. The molecule has 0 unspecified atom stereocenters. The van der Waals surface area contributed by atoms with E-state index in [1.807, 2.05) is 30.3 Å². The van der Waals surface area contributed by atoms with Crippen LogP contribution in [0.4, 0.5) is 11.5 Å². The Morgan fingerprint density at radius 1 is 1.38 bits per heavy atom. The predicted molar refractivity (Wildman–Crippen MR) is 116 cm³/mol. The van der Waals surface area contributed by atoms with E-state index in [-0.39, 0.29) is 10.6 Å². The highest BCUT2D eigenvalue weighted by Gasteiger charge is 2.25. The minimum atomic E-state index is -0.625. The van der Waals surface area contributed by atoms with Crippen LogP contribution in [-0.2, 0) is 0 Å². The zero-order chi connectivity index (χ0) is 20.5. The average Bonchev–Trinajstić information content (AvgIpc) is 3.28. The topological polar surface area (TPSA) is 131 Å². The Morgan fingerprint density at radius 2 is 2.17 bits per heavy atom. The van der Waals surface area contributed by atoms with Gasteiger partial charge in [0.1, 0.15) is 38.5 Å². The molecule has 146 valence electrons. The molecule has 0 spiro atoms. The van der Waals surface area contributed by atoms with Gasteiger partial charge in [0.15, 0.2) is 0 Å². The molecule has 0 atom stereocenters. The van der Waals surface area contributed by atoms with E-state index in [4.69, 9.17) is 15.9 Å². The number of nitrogens with zero attached hydrogens (tertiary/aromatic N) is 2. The van der Waals surface area contributed by atoms with Gasteiger partial charge in [-0.25, -0.2) is 4.98 Å². The van der Waals surface area contributed by atoms with Crippen molar-refractivity contribution in [3.05, 3.63) is 40.8 Å². The van der Waals surface area contributed by atoms with Gasteiger partial charge >= 0.3 is 0 Å². The number of amides is 1. The number of carbonyl (C=O) groups excluding carboxylic acids is 1. The highest BCUT2D eigenvalue weighted by Crippen LogP contribution is 2.44. The summed E-state index contributed by atoms with van der Waals surface area (Å²) in [6, 6.07) is 11.7. The van der Waals surface area contributed by atoms with E-state index >= 15 is 0 Å². The summed E-state index contributed by atoms with van der Waals surface area (Å²) >= 11 is 1.12. The van der Waals surface area contributed by atoms with E-state index in [2.05, 4.69) is 23.3 Å². The van der Waals surface area contributed by atoms with Crippen LogP contribution in [0.3, 0.4) is 0 Å². The SMILES string of the molecule is CCCCNc1nc2sc(C(N)=O)c(N)c2c(-c2cc3ccccc3o2)c1C#N. The van der Waals surface area contributed by atoms with Gasteiger partial charge in [-0.05, 0) is 18.6 Å². The smallest absolute Gasteiger partial charge is 0.260 e. The molecular weight excluding hydrogens is 386 g/mol. The number of hydrogen-bond acceptors (Lipinski definition) is 7. The first-order chi connectivity index (χ1) is 14.0. The third kappa shape index (κ3) is 3.15. The van der Waals surface area contributed by atoms with Crippen LogP contribution in [0.5, 0.6) is 0 Å². The zero-order valence-corrected chi connectivity index (χ0v) is 16.6. The number of thiophene rings is 1. The first kappa shape index (κ1) is 18.8. The second-order valence-electron chi connectivity index (χ2n) is 6.64. The molecule has 3 heterocycles. The second kappa shape index (κ2) is 7.45. The van der Waals surface area contributed by atoms with Gasteiger partial charge in [0, 0.05) is 17.3 Å². The molecule has 0 aliphatic rings. The molecule has 0 radical (unpaired) electrons. The molecule has 1 amide bonds. The van der Waals surface area contributed by atoms with Crippen LogP contribution in [-0.4, -0.2) is 17.4 Å². The van der Waals surface area contributed by atoms with E-state index in [1.54, 1.807) is 0 Å². The molecule has 0 bridgehead atoms. The Kier molecular flexibility index (Phi) is 4.82. The molecule has 4 aromatic rings. The fraction of sp³-hybridized carbons (Fsp3) is 0.190. The van der Waals surface area contributed by atoms with Gasteiger partial charge in [-0.2, -0.15) is 5.26 Å². The highest BCUT2D eigenvalue weighted by molar-refractivity contribution is 7.21. The molecule has 0 aliphatic carbocycles. The normalized spacial score (nSPS) is 11.0. The summed E-state index contributed by atoms with van der Waals surface area (Å²) in [5.74, 6) is 0.315. The fourth-order valence-electron chi connectivity index (χ4n) is 3.31. The van der Waals surface area contributed by atoms with E-state index in [0.717, 1.165) is 29.6 Å². The molecule has 0 saturated heterocycles. The maximum Gasteiger partial charge on any atom is 0.260 e. The lowest BCUT2D eigenvalue weighted by molar-refractivity contribution is 0.100. The zero-order valence-electron chi connectivity index (χ0n) is 15.8. The number of primary amides is 1. The molecule has 29 heavy (non-hydrogen) atoms. The number of aromatic nitrogens is 1. The Hall–Kier alpha value is -3.57. The van der Waals surface area contributed by atoms with Crippen molar-refractivity contribution < 1.29 is 9.21 Å². The van der Waals surface area contributed by atoms with Gasteiger partial charge < -0.3 is 21.2 Å². The van der Waals surface area contributed by atoms with Gasteiger partial charge in [-0.15, -0.1) is 11.3 Å². The van der Waals surface area contributed by atoms with Crippen molar-refractivity contribution in [2.24, 2.45) is 5.73 Å². The number of nitrogen functional groups attached to an aromatic ring is 1. The van der Waals surface area contributed by atoms with Crippen LogP contribution in [0.1, 0.15) is 35.0 Å². The molecule has 4 rings (SSSR count). The number of nitrogens with two attached hydrogens (primary N) is 2. The van der Waals surface area contributed by atoms with E-state index in [9.17, 15) is 10.1 Å². The number of para-hydroxylation sites is 1.